The van der Waals surface area contributed by atoms with Crippen molar-refractivity contribution in [2.75, 3.05) is 74.8 Å². The summed E-state index contributed by atoms with van der Waals surface area (Å²) in [7, 11) is 7.71. The minimum Gasteiger partial charge on any atom is -0.496 e. The number of halogens is 3. The molecule has 0 saturated carbocycles. The van der Waals surface area contributed by atoms with E-state index in [-0.39, 0.29) is 75.1 Å². The lowest BCUT2D eigenvalue weighted by Gasteiger charge is -2.60. The number of hydrogen-bond donors (Lipinski definition) is 2. The highest BCUT2D eigenvalue weighted by atomic mass is 35.6. The van der Waals surface area contributed by atoms with Gasteiger partial charge >= 0.3 is 6.09 Å². The molecular formula is C63H73Cl3N8O10. The average molecular weight is 1210 g/mol. The van der Waals surface area contributed by atoms with Gasteiger partial charge in [0, 0.05) is 70.6 Å². The number of ether oxygens (including phenoxy) is 9. The van der Waals surface area contributed by atoms with Crippen molar-refractivity contribution in [1.82, 2.24) is 24.9 Å². The van der Waals surface area contributed by atoms with Gasteiger partial charge in [0.05, 0.1) is 50.5 Å². The summed E-state index contributed by atoms with van der Waals surface area (Å²) < 4.78 is 51.9. The fourth-order valence-corrected chi connectivity index (χ4v) is 16.0. The first-order valence-electron chi connectivity index (χ1n) is 28.5. The van der Waals surface area contributed by atoms with Crippen LogP contribution in [0.2, 0.25) is 0 Å². The molecular weight excluding hydrogens is 1140 g/mol. The number of nitrogens with one attached hydrogen (secondary N) is 1. The van der Waals surface area contributed by atoms with Crippen LogP contribution in [-0.4, -0.2) is 141 Å². The normalized spacial score (nSPS) is 25.8. The van der Waals surface area contributed by atoms with Crippen LogP contribution < -0.4 is 48.9 Å². The van der Waals surface area contributed by atoms with Crippen molar-refractivity contribution in [3.63, 3.8) is 0 Å². The highest BCUT2D eigenvalue weighted by molar-refractivity contribution is 6.67. The van der Waals surface area contributed by atoms with Gasteiger partial charge in [-0.3, -0.25) is 19.6 Å². The third-order valence-electron chi connectivity index (χ3n) is 18.8. The van der Waals surface area contributed by atoms with Crippen molar-refractivity contribution in [3.05, 3.63) is 115 Å². The lowest BCUT2D eigenvalue weighted by molar-refractivity contribution is -0.0718. The molecule has 446 valence electrons. The van der Waals surface area contributed by atoms with E-state index in [4.69, 9.17) is 83.2 Å². The van der Waals surface area contributed by atoms with Crippen molar-refractivity contribution >= 4 is 40.9 Å². The predicted octanol–water partition coefficient (Wildman–Crippen LogP) is 9.43. The van der Waals surface area contributed by atoms with Crippen LogP contribution in [0.25, 0.3) is 0 Å². The maximum atomic E-state index is 12.9. The molecule has 2 fully saturated rings. The zero-order valence-corrected chi connectivity index (χ0v) is 51.5. The molecule has 8 heterocycles. The van der Waals surface area contributed by atoms with Crippen LogP contribution in [0.4, 0.5) is 4.79 Å². The quantitative estimate of drug-likeness (QED) is 0.100. The van der Waals surface area contributed by atoms with E-state index in [1.54, 1.807) is 26.4 Å². The number of hydrogen-bond acceptors (Lipinski definition) is 17. The second-order valence-corrected chi connectivity index (χ2v) is 25.6. The van der Waals surface area contributed by atoms with Crippen LogP contribution in [0.5, 0.6) is 46.0 Å². The Morgan fingerprint density at radius 1 is 0.667 bits per heavy atom. The molecule has 10 atom stereocenters. The lowest BCUT2D eigenvalue weighted by Crippen LogP contribution is -2.69. The van der Waals surface area contributed by atoms with Gasteiger partial charge in [-0.05, 0) is 126 Å². The smallest absolute Gasteiger partial charge is 0.407 e. The number of nitrogens with two attached hydrogens (primary N) is 1. The van der Waals surface area contributed by atoms with Crippen LogP contribution >= 0.6 is 34.8 Å². The number of carbonyl (C=O) groups is 1. The van der Waals surface area contributed by atoms with Gasteiger partial charge in [-0.1, -0.05) is 72.2 Å². The minimum absolute atomic E-state index is 0.0120. The molecule has 0 radical (unpaired) electrons. The minimum atomic E-state index is -1.76. The number of amides is 1. The van der Waals surface area contributed by atoms with E-state index in [9.17, 15) is 15.3 Å². The highest BCUT2D eigenvalue weighted by Gasteiger charge is 2.58. The summed E-state index contributed by atoms with van der Waals surface area (Å²) in [6.07, 6.45) is 5.46. The molecule has 21 heteroatoms. The van der Waals surface area contributed by atoms with E-state index in [1.165, 1.54) is 27.8 Å². The second kappa shape index (κ2) is 23.2. The molecule has 4 aromatic carbocycles. The molecule has 2 saturated heterocycles. The van der Waals surface area contributed by atoms with Crippen LogP contribution in [0.1, 0.15) is 102 Å². The number of nitriles is 2. The van der Waals surface area contributed by atoms with Gasteiger partial charge < -0.3 is 53.7 Å². The van der Waals surface area contributed by atoms with Crippen molar-refractivity contribution in [3.8, 4) is 58.1 Å². The third-order valence-corrected chi connectivity index (χ3v) is 19.1. The number of methoxy groups -OCH3 is 2. The van der Waals surface area contributed by atoms with E-state index < -0.39 is 28.6 Å². The largest absolute Gasteiger partial charge is 0.496 e. The number of fused-ring (bicyclic) bond motifs is 18. The van der Waals surface area contributed by atoms with Crippen molar-refractivity contribution in [2.45, 2.75) is 131 Å². The number of benzene rings is 4. The Bertz CT molecular complexity index is 3430. The summed E-state index contributed by atoms with van der Waals surface area (Å²) >= 11 is 17.5. The van der Waals surface area contributed by atoms with E-state index >= 15 is 0 Å². The molecule has 4 aromatic rings. The Kier molecular flexibility index (Phi) is 16.4. The standard InChI is InChI=1S/C33H37Cl3N4O6.C30H36N4O4/c1-7-8-43-29-18(4)30-31(46-15-45-30)26-20(29)11-22-27-25-17(3)28(42-6)16(2)9-19(25)10-21(39(27)5)23(12-37)40(22)24(26)13-38-32(41)44-14-33(34,35)36;1-7-8-36-28-17(4)29-30(38-14-37-29)25-19(28)11-21-26-24-16(3)27(35-6)15(2)9-18(24)10-20(33(26)5)22(12-31)34(21)23(25)13-32/h7,9,21-24,27H,1,8,10-11,13-15H2,2-6H3,(H,38,41);7,9,20-23,26H,1,8,10-11,13-14,32H2,2-6H3/t21-,22?,23-,24-,27?;20-,21?,22-,23-,26?/m00/s1. The second-order valence-electron chi connectivity index (χ2n) is 23.1. The molecule has 8 aliphatic heterocycles. The maximum Gasteiger partial charge on any atom is 0.407 e. The summed E-state index contributed by atoms with van der Waals surface area (Å²) in [6.45, 7) is 21.0. The number of alkyl carbamates (subject to hydrolysis) is 1. The first kappa shape index (κ1) is 59.4. The first-order valence-corrected chi connectivity index (χ1v) is 29.6. The summed E-state index contributed by atoms with van der Waals surface area (Å²) in [5, 5.41) is 24.3. The molecule has 84 heavy (non-hydrogen) atoms. The van der Waals surface area contributed by atoms with Crippen LogP contribution in [0.3, 0.4) is 0 Å². The Morgan fingerprint density at radius 2 is 1.10 bits per heavy atom. The zero-order valence-electron chi connectivity index (χ0n) is 49.3. The van der Waals surface area contributed by atoms with E-state index in [0.717, 1.165) is 79.5 Å². The summed E-state index contributed by atoms with van der Waals surface area (Å²) in [4.78, 5) is 22.3. The molecule has 3 N–H and O–H groups in total. The average Bonchev–Trinajstić information content (AvgIpc) is 0.884. The number of nitrogens with zero attached hydrogens (tertiary/aromatic N) is 6. The molecule has 0 aromatic heterocycles. The van der Waals surface area contributed by atoms with E-state index in [2.05, 4.69) is 104 Å². The van der Waals surface area contributed by atoms with Gasteiger partial charge in [-0.2, -0.15) is 10.5 Å². The number of alkyl halides is 3. The van der Waals surface area contributed by atoms with Crippen molar-refractivity contribution < 1.29 is 47.4 Å². The van der Waals surface area contributed by atoms with Gasteiger partial charge in [0.1, 0.15) is 54.9 Å². The number of likely N-dealkylation sites (N-methyl/N-ethyl adjacent to an activating group) is 2. The Balaban J connectivity index is 0.000000178. The van der Waals surface area contributed by atoms with Gasteiger partial charge in [-0.25, -0.2) is 4.79 Å². The number of aryl methyl sites for hydroxylation is 2. The predicted molar refractivity (Wildman–Crippen MR) is 319 cm³/mol. The number of piperazine rings is 2. The van der Waals surface area contributed by atoms with Crippen LogP contribution in [0.15, 0.2) is 37.4 Å². The Morgan fingerprint density at radius 3 is 1.50 bits per heavy atom. The third kappa shape index (κ3) is 9.51. The summed E-state index contributed by atoms with van der Waals surface area (Å²) in [6, 6.07) is 7.98. The molecule has 4 bridgehead atoms. The van der Waals surface area contributed by atoms with Crippen LogP contribution in [0, 0.1) is 64.2 Å². The number of rotatable bonds is 12. The SMILES string of the molecule is C=CCOc1c(C)c2c(c3c1CC1C4c5c(cc(C)c(OC)c5C)C[C@@H]([C@H](C#N)N1[C@H]3CN)N4C)OCO2.C=CCOc1c(C)c2c(c3c1CC1C4c5c(cc(C)c(OC)c5C)C[C@@H]([C@H](C#N)N1[C@H]3CNC(=O)OCC(Cl)(Cl)Cl)N4C)OCO2. The van der Waals surface area contributed by atoms with Crippen molar-refractivity contribution in [2.24, 2.45) is 5.73 Å². The summed E-state index contributed by atoms with van der Waals surface area (Å²) in [5.74, 6) is 5.93. The molecule has 0 spiro atoms. The zero-order chi connectivity index (χ0) is 60.0. The molecule has 1 amide bonds. The van der Waals surface area contributed by atoms with Gasteiger partial charge in [0.25, 0.3) is 0 Å². The van der Waals surface area contributed by atoms with Gasteiger partial charge in [0.15, 0.2) is 23.0 Å². The monoisotopic (exact) mass is 1210 g/mol. The van der Waals surface area contributed by atoms with Gasteiger partial charge in [0.2, 0.25) is 17.4 Å². The fourth-order valence-electron chi connectivity index (χ4n) is 15.8. The molecule has 18 nitrogen and oxygen atoms in total. The summed E-state index contributed by atoms with van der Waals surface area (Å²) in [5.41, 5.74) is 21.7. The topological polar surface area (TPSA) is 199 Å². The lowest BCUT2D eigenvalue weighted by atomic mass is 9.71. The first-order chi connectivity index (χ1) is 40.3. The fraction of sp³-hybridized carbons (Fsp3) is 0.508. The van der Waals surface area contributed by atoms with E-state index in [0.29, 0.717) is 55.4 Å². The molecule has 12 rings (SSSR count). The molecule has 4 unspecified atom stereocenters. The highest BCUT2D eigenvalue weighted by Crippen LogP contribution is 2.60. The van der Waals surface area contributed by atoms with Crippen molar-refractivity contribution in [1.29, 1.82) is 10.5 Å². The number of carbonyl (C=O) groups excluding carboxylic acids is 1. The van der Waals surface area contributed by atoms with E-state index in [1.807, 2.05) is 13.8 Å². The Hall–Kier alpha value is -6.32. The Labute approximate surface area is 506 Å². The van der Waals surface area contributed by atoms with Crippen LogP contribution in [-0.2, 0) is 30.4 Å². The molecule has 8 aliphatic rings. The van der Waals surface area contributed by atoms with Gasteiger partial charge in [-0.15, -0.1) is 0 Å². The molecule has 0 aliphatic carbocycles. The maximum absolute atomic E-state index is 12.9.